The van der Waals surface area contributed by atoms with Gasteiger partial charge >= 0.3 is 0 Å². The zero-order chi connectivity index (χ0) is 17.5. The largest absolute Gasteiger partial charge is 0.451 e. The van der Waals surface area contributed by atoms with Crippen molar-refractivity contribution in [2.24, 2.45) is 0 Å². The Morgan fingerprint density at radius 1 is 1.08 bits per heavy atom. The summed E-state index contributed by atoms with van der Waals surface area (Å²) in [5.74, 6) is 0.620. The van der Waals surface area contributed by atoms with E-state index in [1.54, 1.807) is 6.26 Å². The van der Waals surface area contributed by atoms with Crippen molar-refractivity contribution in [1.82, 2.24) is 15.2 Å². The summed E-state index contributed by atoms with van der Waals surface area (Å²) in [6.45, 7) is 5.18. The van der Waals surface area contributed by atoms with Crippen molar-refractivity contribution in [3.8, 4) is 11.1 Å². The molecule has 132 valence electrons. The van der Waals surface area contributed by atoms with Crippen LogP contribution in [0, 0.1) is 6.92 Å². The topological polar surface area (TPSA) is 41.3 Å². The Hall–Kier alpha value is -2.43. The minimum Gasteiger partial charge on any atom is -0.451 e. The molecule has 3 saturated heterocycles. The summed E-state index contributed by atoms with van der Waals surface area (Å²) < 4.78 is 5.09. The lowest BCUT2D eigenvalue weighted by molar-refractivity contribution is 0.0463. The van der Waals surface area contributed by atoms with Crippen LogP contribution in [-0.2, 0) is 6.54 Å². The molecule has 0 radical (unpaired) electrons. The van der Waals surface area contributed by atoms with E-state index in [1.807, 2.05) is 0 Å². The molecule has 3 aliphatic rings. The van der Waals surface area contributed by atoms with E-state index in [1.165, 1.54) is 28.6 Å². The Morgan fingerprint density at radius 3 is 2.54 bits per heavy atom. The molecule has 3 atom stereocenters. The molecular weight excluding hydrogens is 322 g/mol. The molecule has 3 fully saturated rings. The highest BCUT2D eigenvalue weighted by Crippen LogP contribution is 2.38. The van der Waals surface area contributed by atoms with Gasteiger partial charge in [0.2, 0.25) is 0 Å². The maximum atomic E-state index is 5.09. The van der Waals surface area contributed by atoms with Gasteiger partial charge in [0, 0.05) is 37.6 Å². The third kappa shape index (κ3) is 2.75. The Bertz CT molecular complexity index is 876. The lowest BCUT2D eigenvalue weighted by Gasteiger charge is -2.54. The molecule has 4 heteroatoms. The van der Waals surface area contributed by atoms with Gasteiger partial charge in [0.25, 0.3) is 0 Å². The number of hydrogen-bond acceptors (Lipinski definition) is 4. The number of fused-ring (bicyclic) bond motifs is 2. The van der Waals surface area contributed by atoms with Crippen LogP contribution in [0.2, 0.25) is 0 Å². The lowest BCUT2D eigenvalue weighted by Crippen LogP contribution is -2.71. The SMILES string of the molecule is Cc1ccccc1-c1ccc(C2[C@@H]3CN(Cc4cocn4)C[C@H]2N3)cc1. The summed E-state index contributed by atoms with van der Waals surface area (Å²) in [6.07, 6.45) is 3.26. The van der Waals surface area contributed by atoms with E-state index in [0.29, 0.717) is 18.0 Å². The van der Waals surface area contributed by atoms with E-state index >= 15 is 0 Å². The first-order chi connectivity index (χ1) is 12.8. The summed E-state index contributed by atoms with van der Waals surface area (Å²) in [5.41, 5.74) is 6.43. The number of aromatic nitrogens is 1. The summed E-state index contributed by atoms with van der Waals surface area (Å²) in [7, 11) is 0. The molecule has 0 amide bonds. The molecule has 3 aliphatic heterocycles. The number of hydrogen-bond donors (Lipinski definition) is 1. The average molecular weight is 345 g/mol. The highest BCUT2D eigenvalue weighted by atomic mass is 16.3. The molecule has 0 saturated carbocycles. The van der Waals surface area contributed by atoms with Gasteiger partial charge in [0.05, 0.1) is 5.69 Å². The van der Waals surface area contributed by atoms with E-state index < -0.39 is 0 Å². The molecule has 4 heterocycles. The molecule has 1 N–H and O–H groups in total. The van der Waals surface area contributed by atoms with E-state index in [4.69, 9.17) is 4.42 Å². The number of piperazine rings is 1. The fraction of sp³-hybridized carbons (Fsp3) is 0.318. The van der Waals surface area contributed by atoms with Gasteiger partial charge in [-0.1, -0.05) is 48.5 Å². The number of oxazole rings is 1. The van der Waals surface area contributed by atoms with E-state index in [9.17, 15) is 0 Å². The average Bonchev–Trinajstić information content (AvgIpc) is 3.16. The molecule has 0 spiro atoms. The van der Waals surface area contributed by atoms with E-state index in [-0.39, 0.29) is 0 Å². The van der Waals surface area contributed by atoms with Gasteiger partial charge in [0.15, 0.2) is 6.39 Å². The standard InChI is InChI=1S/C22H23N3O/c1-15-4-2-3-5-19(15)16-6-8-17(9-7-16)22-20-11-25(12-21(22)24-20)10-18-13-26-14-23-18/h2-9,13-14,20-22,24H,10-12H2,1H3/t20-,21+,22?. The third-order valence-electron chi connectivity index (χ3n) is 5.83. The van der Waals surface area contributed by atoms with Crippen LogP contribution in [-0.4, -0.2) is 35.1 Å². The van der Waals surface area contributed by atoms with E-state index in [2.05, 4.69) is 70.7 Å². The van der Waals surface area contributed by atoms with Crippen LogP contribution in [0.4, 0.5) is 0 Å². The molecule has 2 bridgehead atoms. The first-order valence-electron chi connectivity index (χ1n) is 9.29. The second-order valence-electron chi connectivity index (χ2n) is 7.52. The van der Waals surface area contributed by atoms with Crippen LogP contribution in [0.15, 0.2) is 65.6 Å². The molecule has 3 aromatic rings. The van der Waals surface area contributed by atoms with Gasteiger partial charge in [-0.15, -0.1) is 0 Å². The first kappa shape index (κ1) is 15.8. The summed E-state index contributed by atoms with van der Waals surface area (Å²) in [4.78, 5) is 6.72. The number of benzene rings is 2. The Kier molecular flexibility index (Phi) is 3.88. The van der Waals surface area contributed by atoms with Crippen LogP contribution in [0.25, 0.3) is 11.1 Å². The van der Waals surface area contributed by atoms with Gasteiger partial charge in [-0.3, -0.25) is 4.90 Å². The lowest BCUT2D eigenvalue weighted by atomic mass is 9.74. The van der Waals surface area contributed by atoms with Crippen molar-refractivity contribution >= 4 is 0 Å². The first-order valence-corrected chi connectivity index (χ1v) is 9.29. The van der Waals surface area contributed by atoms with Gasteiger partial charge in [-0.2, -0.15) is 0 Å². The van der Waals surface area contributed by atoms with Crippen molar-refractivity contribution in [3.05, 3.63) is 78.0 Å². The predicted octanol–water partition coefficient (Wildman–Crippen LogP) is 3.59. The molecular formula is C22H23N3O. The minimum absolute atomic E-state index is 0.532. The van der Waals surface area contributed by atoms with Crippen LogP contribution in [0.5, 0.6) is 0 Å². The molecule has 1 unspecified atom stereocenters. The second kappa shape index (κ2) is 6.38. The summed E-state index contributed by atoms with van der Waals surface area (Å²) >= 11 is 0. The molecule has 2 aromatic carbocycles. The van der Waals surface area contributed by atoms with Crippen LogP contribution in [0.3, 0.4) is 0 Å². The van der Waals surface area contributed by atoms with Crippen molar-refractivity contribution in [2.75, 3.05) is 13.1 Å². The van der Waals surface area contributed by atoms with Crippen molar-refractivity contribution in [2.45, 2.75) is 31.5 Å². The minimum atomic E-state index is 0.532. The molecule has 6 rings (SSSR count). The number of nitrogens with zero attached hydrogens (tertiary/aromatic N) is 2. The van der Waals surface area contributed by atoms with Gasteiger partial charge in [0.1, 0.15) is 6.26 Å². The smallest absolute Gasteiger partial charge is 0.180 e. The summed E-state index contributed by atoms with van der Waals surface area (Å²) in [5, 5.41) is 3.71. The van der Waals surface area contributed by atoms with Gasteiger partial charge in [-0.05, 0) is 29.2 Å². The molecule has 26 heavy (non-hydrogen) atoms. The summed E-state index contributed by atoms with van der Waals surface area (Å²) in [6, 6.07) is 18.8. The van der Waals surface area contributed by atoms with Gasteiger partial charge < -0.3 is 9.73 Å². The van der Waals surface area contributed by atoms with Crippen molar-refractivity contribution < 1.29 is 4.42 Å². The fourth-order valence-corrected chi connectivity index (χ4v) is 4.53. The zero-order valence-corrected chi connectivity index (χ0v) is 14.9. The predicted molar refractivity (Wildman–Crippen MR) is 102 cm³/mol. The highest BCUT2D eigenvalue weighted by Gasteiger charge is 2.46. The van der Waals surface area contributed by atoms with Crippen LogP contribution in [0.1, 0.15) is 22.7 Å². The monoisotopic (exact) mass is 345 g/mol. The number of aryl methyl sites for hydroxylation is 1. The Labute approximate surface area is 153 Å². The Morgan fingerprint density at radius 2 is 1.85 bits per heavy atom. The number of nitrogens with one attached hydrogen (secondary N) is 1. The second-order valence-corrected chi connectivity index (χ2v) is 7.52. The highest BCUT2D eigenvalue weighted by molar-refractivity contribution is 5.67. The number of piperidine rings is 1. The van der Waals surface area contributed by atoms with Gasteiger partial charge in [-0.25, -0.2) is 4.98 Å². The Balaban J connectivity index is 1.29. The fourth-order valence-electron chi connectivity index (χ4n) is 4.53. The van der Waals surface area contributed by atoms with E-state index in [0.717, 1.165) is 25.3 Å². The van der Waals surface area contributed by atoms with Crippen LogP contribution < -0.4 is 5.32 Å². The molecule has 4 nitrogen and oxygen atoms in total. The molecule has 0 aliphatic carbocycles. The maximum absolute atomic E-state index is 5.09. The normalized spacial score (nSPS) is 25.0. The quantitative estimate of drug-likeness (QED) is 0.785. The number of rotatable bonds is 4. The zero-order valence-electron chi connectivity index (χ0n) is 14.9. The third-order valence-corrected chi connectivity index (χ3v) is 5.83. The van der Waals surface area contributed by atoms with Crippen molar-refractivity contribution in [1.29, 1.82) is 0 Å². The molecule has 1 aromatic heterocycles. The maximum Gasteiger partial charge on any atom is 0.180 e. The van der Waals surface area contributed by atoms with Crippen molar-refractivity contribution in [3.63, 3.8) is 0 Å². The van der Waals surface area contributed by atoms with Crippen LogP contribution >= 0.6 is 0 Å².